The molecule has 1 aromatic carbocycles. The number of nitrogens with two attached hydrogens (primary N) is 1. The van der Waals surface area contributed by atoms with Crippen LogP contribution in [0.4, 0.5) is 5.69 Å². The van der Waals surface area contributed by atoms with Crippen molar-refractivity contribution >= 4 is 21.6 Å². The highest BCUT2D eigenvalue weighted by Crippen LogP contribution is 2.18. The summed E-state index contributed by atoms with van der Waals surface area (Å²) in [7, 11) is 0. The second kappa shape index (κ2) is 3.40. The monoisotopic (exact) mass is 210 g/mol. The van der Waals surface area contributed by atoms with E-state index in [0.717, 1.165) is 10.0 Å². The maximum atomic E-state index is 6.65. The lowest BCUT2D eigenvalue weighted by Crippen LogP contribution is -1.91. The number of nitrogens with zero attached hydrogens (tertiary/aromatic N) is 1. The van der Waals surface area contributed by atoms with E-state index >= 15 is 0 Å². The van der Waals surface area contributed by atoms with Crippen molar-refractivity contribution < 1.29 is 0 Å². The van der Waals surface area contributed by atoms with E-state index in [4.69, 9.17) is 12.3 Å². The predicted octanol–water partition coefficient (Wildman–Crippen LogP) is 2.45. The van der Waals surface area contributed by atoms with Gasteiger partial charge in [-0.2, -0.15) is 0 Å². The second-order valence-electron chi connectivity index (χ2n) is 2.16. The molecule has 0 radical (unpaired) electrons. The van der Waals surface area contributed by atoms with E-state index in [0.29, 0.717) is 12.2 Å². The molecule has 0 amide bonds. The van der Waals surface area contributed by atoms with Crippen LogP contribution in [0.2, 0.25) is 0 Å². The van der Waals surface area contributed by atoms with Gasteiger partial charge in [0.05, 0.1) is 5.56 Å². The Kier molecular flexibility index (Phi) is 2.50. The molecule has 0 unspecified atom stereocenters. The molecule has 0 spiro atoms. The van der Waals surface area contributed by atoms with Crippen LogP contribution < -0.4 is 5.73 Å². The van der Waals surface area contributed by atoms with Crippen LogP contribution in [0, 0.1) is 6.57 Å². The van der Waals surface area contributed by atoms with Crippen LogP contribution in [0.5, 0.6) is 0 Å². The molecule has 0 bridgehead atoms. The van der Waals surface area contributed by atoms with Gasteiger partial charge in [0.2, 0.25) is 6.54 Å². The molecule has 11 heavy (non-hydrogen) atoms. The average molecular weight is 211 g/mol. The Labute approximate surface area is 74.0 Å². The van der Waals surface area contributed by atoms with Crippen molar-refractivity contribution in [1.29, 1.82) is 0 Å². The third kappa shape index (κ3) is 1.95. The first kappa shape index (κ1) is 8.09. The summed E-state index contributed by atoms with van der Waals surface area (Å²) < 4.78 is 0.948. The number of benzene rings is 1. The summed E-state index contributed by atoms with van der Waals surface area (Å²) in [4.78, 5) is 3.25. The number of hydrogen-bond donors (Lipinski definition) is 1. The van der Waals surface area contributed by atoms with E-state index in [1.807, 2.05) is 12.1 Å². The zero-order chi connectivity index (χ0) is 8.27. The maximum absolute atomic E-state index is 6.65. The minimum atomic E-state index is 0.360. The first-order valence-electron chi connectivity index (χ1n) is 3.11. The predicted molar refractivity (Wildman–Crippen MR) is 48.9 cm³/mol. The molecule has 0 saturated heterocycles. The molecule has 56 valence electrons. The molecule has 0 aliphatic heterocycles. The van der Waals surface area contributed by atoms with Gasteiger partial charge in [0.1, 0.15) is 0 Å². The van der Waals surface area contributed by atoms with Gasteiger partial charge in [0.15, 0.2) is 0 Å². The van der Waals surface area contributed by atoms with Crippen molar-refractivity contribution in [1.82, 2.24) is 0 Å². The SMILES string of the molecule is [C-]#[N+]Cc1ccc(Br)cc1N. The van der Waals surface area contributed by atoms with Crippen molar-refractivity contribution in [3.05, 3.63) is 39.7 Å². The maximum Gasteiger partial charge on any atom is 0.241 e. The van der Waals surface area contributed by atoms with Crippen molar-refractivity contribution in [2.75, 3.05) is 5.73 Å². The fourth-order valence-electron chi connectivity index (χ4n) is 0.795. The number of nitrogen functional groups attached to an aromatic ring is 1. The van der Waals surface area contributed by atoms with Crippen molar-refractivity contribution in [2.24, 2.45) is 0 Å². The fourth-order valence-corrected chi connectivity index (χ4v) is 1.17. The van der Waals surface area contributed by atoms with Crippen LogP contribution in [0.1, 0.15) is 5.56 Å². The smallest absolute Gasteiger partial charge is 0.241 e. The van der Waals surface area contributed by atoms with Gasteiger partial charge in [-0.1, -0.05) is 15.9 Å². The Hall–Kier alpha value is -1.01. The molecule has 1 rings (SSSR count). The summed E-state index contributed by atoms with van der Waals surface area (Å²) in [5.41, 5.74) is 7.20. The standard InChI is InChI=1S/C8H7BrN2/c1-11-5-6-2-3-7(9)4-8(6)10/h2-4H,5,10H2. The highest BCUT2D eigenvalue weighted by molar-refractivity contribution is 9.10. The van der Waals surface area contributed by atoms with Crippen molar-refractivity contribution in [2.45, 2.75) is 6.54 Å². The lowest BCUT2D eigenvalue weighted by atomic mass is 10.2. The number of rotatable bonds is 1. The van der Waals surface area contributed by atoms with Crippen LogP contribution in [0.25, 0.3) is 4.85 Å². The van der Waals surface area contributed by atoms with Gasteiger partial charge < -0.3 is 10.6 Å². The molecule has 0 saturated carbocycles. The van der Waals surface area contributed by atoms with Gasteiger partial charge >= 0.3 is 0 Å². The molecular weight excluding hydrogens is 204 g/mol. The highest BCUT2D eigenvalue weighted by Gasteiger charge is 2.00. The minimum Gasteiger partial charge on any atom is -0.398 e. The van der Waals surface area contributed by atoms with E-state index in [-0.39, 0.29) is 0 Å². The summed E-state index contributed by atoms with van der Waals surface area (Å²) in [6.07, 6.45) is 0. The molecule has 0 heterocycles. The number of halogens is 1. The van der Waals surface area contributed by atoms with E-state index in [1.54, 1.807) is 6.07 Å². The third-order valence-electron chi connectivity index (χ3n) is 1.36. The topological polar surface area (TPSA) is 30.4 Å². The van der Waals surface area contributed by atoms with Gasteiger partial charge in [0, 0.05) is 10.2 Å². The quantitative estimate of drug-likeness (QED) is 0.561. The molecule has 0 fully saturated rings. The summed E-state index contributed by atoms with van der Waals surface area (Å²) in [5.74, 6) is 0. The normalized spacial score (nSPS) is 9.09. The van der Waals surface area contributed by atoms with Crippen LogP contribution in [-0.4, -0.2) is 0 Å². The molecular formula is C8H7BrN2. The molecule has 0 aromatic heterocycles. The van der Waals surface area contributed by atoms with E-state index in [2.05, 4.69) is 20.8 Å². The van der Waals surface area contributed by atoms with Crippen LogP contribution in [0.15, 0.2) is 22.7 Å². The van der Waals surface area contributed by atoms with Gasteiger partial charge in [-0.15, -0.1) is 0 Å². The summed E-state index contributed by atoms with van der Waals surface area (Å²) in [6, 6.07) is 5.55. The molecule has 0 atom stereocenters. The summed E-state index contributed by atoms with van der Waals surface area (Å²) in [6.45, 7) is 7.01. The van der Waals surface area contributed by atoms with Gasteiger partial charge in [-0.25, -0.2) is 6.57 Å². The molecule has 2 nitrogen and oxygen atoms in total. The van der Waals surface area contributed by atoms with E-state index < -0.39 is 0 Å². The van der Waals surface area contributed by atoms with Crippen molar-refractivity contribution in [3.63, 3.8) is 0 Å². The van der Waals surface area contributed by atoms with Crippen LogP contribution in [-0.2, 0) is 6.54 Å². The Balaban J connectivity index is 3.01. The van der Waals surface area contributed by atoms with Gasteiger partial charge in [-0.05, 0) is 18.2 Å². The highest BCUT2D eigenvalue weighted by atomic mass is 79.9. The second-order valence-corrected chi connectivity index (χ2v) is 3.08. The van der Waals surface area contributed by atoms with E-state index in [9.17, 15) is 0 Å². The number of anilines is 1. The third-order valence-corrected chi connectivity index (χ3v) is 1.85. The molecule has 1 aromatic rings. The van der Waals surface area contributed by atoms with Gasteiger partial charge in [0.25, 0.3) is 0 Å². The summed E-state index contributed by atoms with van der Waals surface area (Å²) in [5, 5.41) is 0. The Bertz CT molecular complexity index is 301. The molecule has 0 aliphatic rings. The Morgan fingerprint density at radius 1 is 1.55 bits per heavy atom. The van der Waals surface area contributed by atoms with Crippen LogP contribution >= 0.6 is 15.9 Å². The Morgan fingerprint density at radius 3 is 2.82 bits per heavy atom. The van der Waals surface area contributed by atoms with Crippen LogP contribution in [0.3, 0.4) is 0 Å². The first-order valence-corrected chi connectivity index (χ1v) is 3.90. The number of hydrogen-bond acceptors (Lipinski definition) is 1. The molecule has 3 heteroatoms. The average Bonchev–Trinajstić information content (AvgIpc) is 1.95. The molecule has 0 aliphatic carbocycles. The van der Waals surface area contributed by atoms with Crippen molar-refractivity contribution in [3.8, 4) is 0 Å². The van der Waals surface area contributed by atoms with E-state index in [1.165, 1.54) is 0 Å². The largest absolute Gasteiger partial charge is 0.398 e. The minimum absolute atomic E-state index is 0.360. The summed E-state index contributed by atoms with van der Waals surface area (Å²) >= 11 is 3.29. The van der Waals surface area contributed by atoms with Gasteiger partial charge in [-0.3, -0.25) is 0 Å². The zero-order valence-electron chi connectivity index (χ0n) is 5.84. The lowest BCUT2D eigenvalue weighted by Gasteiger charge is -1.98. The Morgan fingerprint density at radius 2 is 2.27 bits per heavy atom. The lowest BCUT2D eigenvalue weighted by molar-refractivity contribution is 1.27. The fraction of sp³-hybridized carbons (Fsp3) is 0.125. The zero-order valence-corrected chi connectivity index (χ0v) is 7.43. The molecule has 2 N–H and O–H groups in total. The first-order chi connectivity index (χ1) is 5.24.